The van der Waals surface area contributed by atoms with Crippen LogP contribution < -0.4 is 20.2 Å². The molecule has 0 radical (unpaired) electrons. The molecular weight excluding hydrogens is 481 g/mol. The molecule has 3 aromatic carbocycles. The van der Waals surface area contributed by atoms with Crippen LogP contribution in [0, 0.1) is 0 Å². The van der Waals surface area contributed by atoms with E-state index in [1.807, 2.05) is 0 Å². The van der Waals surface area contributed by atoms with Crippen molar-refractivity contribution < 1.29 is 23.9 Å². The fraction of sp³-hybridized carbons (Fsp3) is 0.0833. The number of rotatable bonds is 8. The second-order valence-corrected chi connectivity index (χ2v) is 7.55. The Morgan fingerprint density at radius 3 is 2.21 bits per heavy atom. The molecule has 8 nitrogen and oxygen atoms in total. The van der Waals surface area contributed by atoms with Crippen LogP contribution in [0.3, 0.4) is 0 Å². The number of nitrogens with zero attached hydrogens (tertiary/aromatic N) is 1. The van der Waals surface area contributed by atoms with Gasteiger partial charge in [-0.2, -0.15) is 5.10 Å². The zero-order valence-corrected chi connectivity index (χ0v) is 19.4. The van der Waals surface area contributed by atoms with Gasteiger partial charge in [0.05, 0.1) is 41.0 Å². The summed E-state index contributed by atoms with van der Waals surface area (Å²) < 4.78 is 10.7. The van der Waals surface area contributed by atoms with Gasteiger partial charge in [-0.1, -0.05) is 47.5 Å². The average Bonchev–Trinajstić information content (AvgIpc) is 2.83. The van der Waals surface area contributed by atoms with Gasteiger partial charge in [0.25, 0.3) is 11.8 Å². The van der Waals surface area contributed by atoms with E-state index in [1.165, 1.54) is 19.4 Å². The van der Waals surface area contributed by atoms with E-state index in [-0.39, 0.29) is 39.2 Å². The smallest absolute Gasteiger partial charge is 0.345 e. The van der Waals surface area contributed by atoms with Gasteiger partial charge in [-0.15, -0.1) is 0 Å². The van der Waals surface area contributed by atoms with Crippen LogP contribution >= 0.6 is 23.2 Å². The molecule has 0 aromatic heterocycles. The lowest BCUT2D eigenvalue weighted by Crippen LogP contribution is -2.35. The minimum absolute atomic E-state index is 0.191. The summed E-state index contributed by atoms with van der Waals surface area (Å²) in [5, 5.41) is 6.87. The predicted octanol–water partition coefficient (Wildman–Crippen LogP) is 4.10. The van der Waals surface area contributed by atoms with Crippen molar-refractivity contribution >= 4 is 47.2 Å². The molecule has 0 bridgehead atoms. The number of halogens is 2. The molecule has 2 amide bonds. The van der Waals surface area contributed by atoms with E-state index in [9.17, 15) is 14.4 Å². The summed E-state index contributed by atoms with van der Waals surface area (Å²) in [6, 6.07) is 17.7. The van der Waals surface area contributed by atoms with Gasteiger partial charge in [-0.05, 0) is 48.0 Å². The average molecular weight is 500 g/mol. The van der Waals surface area contributed by atoms with E-state index in [2.05, 4.69) is 15.8 Å². The number of ether oxygens (including phenoxy) is 2. The van der Waals surface area contributed by atoms with Gasteiger partial charge in [0, 0.05) is 0 Å². The summed E-state index contributed by atoms with van der Waals surface area (Å²) in [6.07, 6.45) is 1.37. The quantitative estimate of drug-likeness (QED) is 0.210. The molecule has 3 rings (SSSR count). The molecule has 0 spiro atoms. The Bertz CT molecular complexity index is 1250. The number of carbonyl (C=O) groups is 3. The van der Waals surface area contributed by atoms with Crippen LogP contribution in [0.15, 0.2) is 71.8 Å². The first-order valence-electron chi connectivity index (χ1n) is 9.88. The first-order valence-corrected chi connectivity index (χ1v) is 10.6. The molecule has 0 fully saturated rings. The highest BCUT2D eigenvalue weighted by Crippen LogP contribution is 2.29. The molecule has 3 aromatic rings. The molecular formula is C24H19Cl2N3O5. The van der Waals surface area contributed by atoms with Crippen molar-refractivity contribution in [3.63, 3.8) is 0 Å². The largest absolute Gasteiger partial charge is 0.493 e. The number of hydrogen-bond donors (Lipinski definition) is 2. The van der Waals surface area contributed by atoms with Crippen molar-refractivity contribution in [2.24, 2.45) is 5.10 Å². The first-order chi connectivity index (χ1) is 16.4. The molecule has 10 heteroatoms. The monoisotopic (exact) mass is 499 g/mol. The summed E-state index contributed by atoms with van der Waals surface area (Å²) >= 11 is 12.0. The van der Waals surface area contributed by atoms with E-state index >= 15 is 0 Å². The number of methoxy groups -OCH3 is 1. The maximum atomic E-state index is 12.4. The highest BCUT2D eigenvalue weighted by Gasteiger charge is 2.15. The Morgan fingerprint density at radius 2 is 1.56 bits per heavy atom. The molecule has 0 unspecified atom stereocenters. The number of carbonyl (C=O) groups excluding carboxylic acids is 3. The van der Waals surface area contributed by atoms with E-state index in [0.717, 1.165) is 0 Å². The van der Waals surface area contributed by atoms with E-state index < -0.39 is 17.8 Å². The normalized spacial score (nSPS) is 10.6. The summed E-state index contributed by atoms with van der Waals surface area (Å²) in [6.45, 7) is -0.290. The Labute approximate surface area is 205 Å². The highest BCUT2D eigenvalue weighted by atomic mass is 35.5. The molecule has 34 heavy (non-hydrogen) atoms. The minimum atomic E-state index is -0.628. The van der Waals surface area contributed by atoms with E-state index in [1.54, 1.807) is 60.7 Å². The van der Waals surface area contributed by atoms with E-state index in [0.29, 0.717) is 5.56 Å². The summed E-state index contributed by atoms with van der Waals surface area (Å²) in [5.41, 5.74) is 3.36. The molecule has 2 N–H and O–H groups in total. The molecule has 0 heterocycles. The molecule has 0 aliphatic carbocycles. The van der Waals surface area contributed by atoms with Crippen molar-refractivity contribution in [3.8, 4) is 11.5 Å². The van der Waals surface area contributed by atoms with Crippen LogP contribution in [0.5, 0.6) is 11.5 Å². The molecule has 0 atom stereocenters. The summed E-state index contributed by atoms with van der Waals surface area (Å²) in [5.74, 6) is -1.17. The zero-order valence-electron chi connectivity index (χ0n) is 17.9. The number of benzene rings is 3. The maximum Gasteiger partial charge on any atom is 0.345 e. The molecule has 0 aliphatic rings. The first kappa shape index (κ1) is 24.8. The Hall–Kier alpha value is -3.88. The molecule has 174 valence electrons. The number of hydrogen-bond acceptors (Lipinski definition) is 6. The highest BCUT2D eigenvalue weighted by molar-refractivity contribution is 6.34. The topological polar surface area (TPSA) is 106 Å². The second kappa shape index (κ2) is 11.8. The van der Waals surface area contributed by atoms with Gasteiger partial charge in [0.15, 0.2) is 11.5 Å². The maximum absolute atomic E-state index is 12.4. The van der Waals surface area contributed by atoms with Crippen molar-refractivity contribution in [1.29, 1.82) is 0 Å². The number of amides is 2. The van der Waals surface area contributed by atoms with Crippen molar-refractivity contribution in [2.45, 2.75) is 0 Å². The van der Waals surface area contributed by atoms with Gasteiger partial charge >= 0.3 is 5.97 Å². The van der Waals surface area contributed by atoms with Crippen LogP contribution in [-0.2, 0) is 4.79 Å². The third kappa shape index (κ3) is 6.57. The fourth-order valence-corrected chi connectivity index (χ4v) is 3.18. The lowest BCUT2D eigenvalue weighted by atomic mass is 10.2. The summed E-state index contributed by atoms with van der Waals surface area (Å²) in [7, 11) is 1.42. The Kier molecular flexibility index (Phi) is 8.61. The third-order valence-corrected chi connectivity index (χ3v) is 5.07. The van der Waals surface area contributed by atoms with Crippen LogP contribution in [0.25, 0.3) is 0 Å². The zero-order chi connectivity index (χ0) is 24.5. The van der Waals surface area contributed by atoms with Crippen LogP contribution in [-0.4, -0.2) is 37.7 Å². The van der Waals surface area contributed by atoms with Gasteiger partial charge < -0.3 is 14.8 Å². The van der Waals surface area contributed by atoms with Crippen LogP contribution in [0.4, 0.5) is 0 Å². The third-order valence-electron chi connectivity index (χ3n) is 4.41. The Morgan fingerprint density at radius 1 is 0.912 bits per heavy atom. The van der Waals surface area contributed by atoms with Crippen LogP contribution in [0.1, 0.15) is 26.3 Å². The second-order valence-electron chi connectivity index (χ2n) is 6.74. The lowest BCUT2D eigenvalue weighted by molar-refractivity contribution is -0.120. The van der Waals surface area contributed by atoms with Crippen molar-refractivity contribution in [1.82, 2.24) is 10.7 Å². The van der Waals surface area contributed by atoms with Crippen LogP contribution in [0.2, 0.25) is 10.0 Å². The van der Waals surface area contributed by atoms with Crippen molar-refractivity contribution in [3.05, 3.63) is 93.5 Å². The number of hydrazone groups is 1. The van der Waals surface area contributed by atoms with E-state index in [4.69, 9.17) is 32.7 Å². The predicted molar refractivity (Wildman–Crippen MR) is 129 cm³/mol. The standard InChI is InChI=1S/C24H19Cl2N3O5/c1-33-21-12-15(10-11-20(21)34-24(32)17-7-3-5-9-19(17)26)13-28-29-22(30)14-27-23(31)16-6-2-4-8-18(16)25/h2-13H,14H2,1H3,(H,27,31)(H,29,30). The van der Waals surface area contributed by atoms with Gasteiger partial charge in [0.1, 0.15) is 0 Å². The lowest BCUT2D eigenvalue weighted by Gasteiger charge is -2.10. The SMILES string of the molecule is COc1cc(C=NNC(=O)CNC(=O)c2ccccc2Cl)ccc1OC(=O)c1ccccc1Cl. The minimum Gasteiger partial charge on any atom is -0.493 e. The Balaban J connectivity index is 1.56. The van der Waals surface area contributed by atoms with Gasteiger partial charge in [-0.25, -0.2) is 10.2 Å². The number of nitrogens with one attached hydrogen (secondary N) is 2. The van der Waals surface area contributed by atoms with Gasteiger partial charge in [-0.3, -0.25) is 9.59 Å². The molecule has 0 saturated heterocycles. The fourth-order valence-electron chi connectivity index (χ4n) is 2.75. The summed E-state index contributed by atoms with van der Waals surface area (Å²) in [4.78, 5) is 36.4. The van der Waals surface area contributed by atoms with Gasteiger partial charge in [0.2, 0.25) is 0 Å². The molecule has 0 aliphatic heterocycles. The molecule has 0 saturated carbocycles. The number of esters is 1. The van der Waals surface area contributed by atoms with Crippen molar-refractivity contribution in [2.75, 3.05) is 13.7 Å².